The largest absolute Gasteiger partial charge is 0.477 e. The lowest BCUT2D eigenvalue weighted by molar-refractivity contribution is -0.134. The number of carboxylic acids is 1. The lowest BCUT2D eigenvalue weighted by Gasteiger charge is -2.01. The van der Waals surface area contributed by atoms with Crippen LogP contribution in [0, 0.1) is 0 Å². The highest BCUT2D eigenvalue weighted by Gasteiger charge is 2.06. The minimum absolute atomic E-state index is 0.155. The van der Waals surface area contributed by atoms with E-state index < -0.39 is 11.9 Å². The number of rotatable bonds is 4. The van der Waals surface area contributed by atoms with Crippen molar-refractivity contribution in [3.8, 4) is 0 Å². The van der Waals surface area contributed by atoms with E-state index in [-0.39, 0.29) is 12.3 Å². The van der Waals surface area contributed by atoms with Crippen molar-refractivity contribution in [3.63, 3.8) is 0 Å². The van der Waals surface area contributed by atoms with Gasteiger partial charge in [-0.05, 0) is 6.08 Å². The molecule has 12 heavy (non-hydrogen) atoms. The van der Waals surface area contributed by atoms with Gasteiger partial charge in [0.15, 0.2) is 0 Å². The smallest absolute Gasteiger partial charge is 0.352 e. The molecule has 0 saturated carbocycles. The summed E-state index contributed by atoms with van der Waals surface area (Å²) >= 11 is 0. The molecule has 0 rings (SSSR count). The summed E-state index contributed by atoms with van der Waals surface area (Å²) in [6.45, 7) is 1.39. The average molecular weight is 173 g/mol. The van der Waals surface area contributed by atoms with Gasteiger partial charge in [0.2, 0.25) is 5.91 Å². The molecule has 0 heterocycles. The molecule has 0 aliphatic rings. The molecule has 68 valence electrons. The van der Waals surface area contributed by atoms with E-state index in [9.17, 15) is 9.59 Å². The summed E-state index contributed by atoms with van der Waals surface area (Å²) in [6.07, 6.45) is 1.28. The van der Waals surface area contributed by atoms with Crippen molar-refractivity contribution in [1.82, 2.24) is 5.32 Å². The second-order valence-electron chi connectivity index (χ2n) is 2.06. The molecule has 1 amide bonds. The lowest BCUT2D eigenvalue weighted by atomic mass is 10.4. The quantitative estimate of drug-likeness (QED) is 0.574. The Bertz CT molecular complexity index is 209. The van der Waals surface area contributed by atoms with Gasteiger partial charge in [0, 0.05) is 14.0 Å². The van der Waals surface area contributed by atoms with Gasteiger partial charge in [-0.15, -0.1) is 0 Å². The van der Waals surface area contributed by atoms with E-state index >= 15 is 0 Å². The number of carbonyl (C=O) groups excluding carboxylic acids is 1. The number of hydrogen-bond donors (Lipinski definition) is 2. The Morgan fingerprint density at radius 2 is 2.17 bits per heavy atom. The molecule has 0 fully saturated rings. The zero-order valence-corrected chi connectivity index (χ0v) is 6.96. The second kappa shape index (κ2) is 5.31. The number of hydrogen-bond acceptors (Lipinski definition) is 3. The first-order valence-corrected chi connectivity index (χ1v) is 3.28. The molecule has 0 aliphatic carbocycles. The molecule has 0 aromatic carbocycles. The van der Waals surface area contributed by atoms with Gasteiger partial charge in [-0.2, -0.15) is 0 Å². The number of methoxy groups -OCH3 is 1. The van der Waals surface area contributed by atoms with Gasteiger partial charge in [-0.25, -0.2) is 4.79 Å². The van der Waals surface area contributed by atoms with Crippen LogP contribution in [0.1, 0.15) is 6.92 Å². The Labute approximate surface area is 70.0 Å². The second-order valence-corrected chi connectivity index (χ2v) is 2.06. The summed E-state index contributed by atoms with van der Waals surface area (Å²) in [4.78, 5) is 20.9. The lowest BCUT2D eigenvalue weighted by Crippen LogP contribution is -2.25. The van der Waals surface area contributed by atoms with Crippen LogP contribution in [0.5, 0.6) is 0 Å². The van der Waals surface area contributed by atoms with Gasteiger partial charge in [0.1, 0.15) is 5.70 Å². The van der Waals surface area contributed by atoms with Crippen molar-refractivity contribution in [2.75, 3.05) is 13.7 Å². The number of amides is 1. The van der Waals surface area contributed by atoms with Crippen molar-refractivity contribution in [3.05, 3.63) is 11.8 Å². The fourth-order valence-corrected chi connectivity index (χ4v) is 0.548. The minimum atomic E-state index is -1.18. The van der Waals surface area contributed by atoms with Crippen LogP contribution in [0.15, 0.2) is 11.8 Å². The van der Waals surface area contributed by atoms with E-state index in [1.807, 2.05) is 0 Å². The molecule has 0 bridgehead atoms. The molecule has 0 unspecified atom stereocenters. The summed E-state index contributed by atoms with van der Waals surface area (Å²) in [5, 5.41) is 10.7. The molecule has 0 aromatic heterocycles. The first kappa shape index (κ1) is 10.6. The Morgan fingerprint density at radius 1 is 1.58 bits per heavy atom. The molecule has 0 atom stereocenters. The summed E-state index contributed by atoms with van der Waals surface area (Å²) in [6, 6.07) is 0. The molecule has 0 saturated heterocycles. The van der Waals surface area contributed by atoms with Crippen LogP contribution in [-0.2, 0) is 14.3 Å². The summed E-state index contributed by atoms with van der Waals surface area (Å²) in [7, 11) is 1.43. The number of ether oxygens (including phenoxy) is 1. The standard InChI is InChI=1S/C7H11NO4/c1-5(9)8-6(7(10)11)3-4-12-2/h3H,4H2,1-2H3,(H,8,9)(H,10,11). The maximum Gasteiger partial charge on any atom is 0.352 e. The Morgan fingerprint density at radius 3 is 2.50 bits per heavy atom. The predicted octanol–water partition coefficient (Wildman–Crippen LogP) is -0.263. The number of carbonyl (C=O) groups is 2. The Kier molecular flexibility index (Phi) is 4.71. The van der Waals surface area contributed by atoms with E-state index in [0.29, 0.717) is 0 Å². The van der Waals surface area contributed by atoms with Crippen LogP contribution in [-0.4, -0.2) is 30.7 Å². The third kappa shape index (κ3) is 4.45. The molecule has 0 spiro atoms. The molecule has 5 nitrogen and oxygen atoms in total. The van der Waals surface area contributed by atoms with Gasteiger partial charge in [-0.1, -0.05) is 0 Å². The normalized spacial score (nSPS) is 11.0. The topological polar surface area (TPSA) is 75.6 Å². The maximum absolute atomic E-state index is 10.5. The monoisotopic (exact) mass is 173 g/mol. The van der Waals surface area contributed by atoms with Crippen molar-refractivity contribution >= 4 is 11.9 Å². The summed E-state index contributed by atoms with van der Waals surface area (Å²) in [5.74, 6) is -1.60. The van der Waals surface area contributed by atoms with Crippen LogP contribution < -0.4 is 5.32 Å². The highest BCUT2D eigenvalue weighted by Crippen LogP contribution is 1.89. The van der Waals surface area contributed by atoms with Crippen molar-refractivity contribution in [2.45, 2.75) is 6.92 Å². The predicted molar refractivity (Wildman–Crippen MR) is 41.4 cm³/mol. The van der Waals surface area contributed by atoms with Gasteiger partial charge in [0.05, 0.1) is 6.61 Å². The van der Waals surface area contributed by atoms with Crippen LogP contribution in [0.2, 0.25) is 0 Å². The van der Waals surface area contributed by atoms with Crippen molar-refractivity contribution in [2.24, 2.45) is 0 Å². The summed E-state index contributed by atoms with van der Waals surface area (Å²) < 4.78 is 4.61. The van der Waals surface area contributed by atoms with E-state index in [0.717, 1.165) is 0 Å². The third-order valence-corrected chi connectivity index (χ3v) is 0.995. The fourth-order valence-electron chi connectivity index (χ4n) is 0.548. The zero-order chi connectivity index (χ0) is 9.56. The van der Waals surface area contributed by atoms with Gasteiger partial charge in [-0.3, -0.25) is 4.79 Å². The molecular formula is C7H11NO4. The SMILES string of the molecule is COCC=C(NC(C)=O)C(=O)O. The molecule has 0 aliphatic heterocycles. The van der Waals surface area contributed by atoms with Crippen LogP contribution in [0.25, 0.3) is 0 Å². The number of nitrogens with one attached hydrogen (secondary N) is 1. The highest BCUT2D eigenvalue weighted by molar-refractivity contribution is 5.91. The minimum Gasteiger partial charge on any atom is -0.477 e. The average Bonchev–Trinajstić information content (AvgIpc) is 1.96. The molecule has 0 radical (unpaired) electrons. The highest BCUT2D eigenvalue weighted by atomic mass is 16.5. The fraction of sp³-hybridized carbons (Fsp3) is 0.429. The molecule has 2 N–H and O–H groups in total. The van der Waals surface area contributed by atoms with Crippen LogP contribution >= 0.6 is 0 Å². The number of aliphatic carboxylic acids is 1. The summed E-state index contributed by atoms with van der Waals surface area (Å²) in [5.41, 5.74) is -0.163. The first-order valence-electron chi connectivity index (χ1n) is 3.28. The molecule has 0 aromatic rings. The third-order valence-electron chi connectivity index (χ3n) is 0.995. The zero-order valence-electron chi connectivity index (χ0n) is 6.96. The first-order chi connectivity index (χ1) is 5.57. The van der Waals surface area contributed by atoms with E-state index in [1.165, 1.54) is 20.1 Å². The van der Waals surface area contributed by atoms with E-state index in [4.69, 9.17) is 5.11 Å². The van der Waals surface area contributed by atoms with Crippen LogP contribution in [0.4, 0.5) is 0 Å². The molecular weight excluding hydrogens is 162 g/mol. The van der Waals surface area contributed by atoms with Gasteiger partial charge < -0.3 is 15.2 Å². The van der Waals surface area contributed by atoms with E-state index in [2.05, 4.69) is 10.1 Å². The maximum atomic E-state index is 10.5. The van der Waals surface area contributed by atoms with E-state index in [1.54, 1.807) is 0 Å². The van der Waals surface area contributed by atoms with Crippen molar-refractivity contribution in [1.29, 1.82) is 0 Å². The van der Waals surface area contributed by atoms with Crippen molar-refractivity contribution < 1.29 is 19.4 Å². The molecule has 5 heteroatoms. The number of carboxylic acid groups (broad SMARTS) is 1. The van der Waals surface area contributed by atoms with Gasteiger partial charge in [0.25, 0.3) is 0 Å². The van der Waals surface area contributed by atoms with Crippen LogP contribution in [0.3, 0.4) is 0 Å². The Balaban J connectivity index is 4.22. The Hall–Kier alpha value is -1.36. The van der Waals surface area contributed by atoms with Gasteiger partial charge >= 0.3 is 5.97 Å².